The molecule has 126 valence electrons. The minimum Gasteiger partial charge on any atom is -0.464 e. The van der Waals surface area contributed by atoms with Crippen molar-refractivity contribution in [2.45, 2.75) is 39.0 Å². The van der Waals surface area contributed by atoms with Gasteiger partial charge in [0.15, 0.2) is 0 Å². The van der Waals surface area contributed by atoms with E-state index in [1.165, 1.54) is 4.90 Å². The number of carbonyl (C=O) groups is 2. The van der Waals surface area contributed by atoms with E-state index in [2.05, 4.69) is 0 Å². The highest BCUT2D eigenvalue weighted by Crippen LogP contribution is 2.23. The van der Waals surface area contributed by atoms with Crippen LogP contribution in [0.5, 0.6) is 0 Å². The van der Waals surface area contributed by atoms with Crippen LogP contribution >= 0.6 is 0 Å². The van der Waals surface area contributed by atoms with E-state index in [1.807, 2.05) is 37.3 Å². The zero-order valence-corrected chi connectivity index (χ0v) is 13.6. The molecule has 0 spiro atoms. The quantitative estimate of drug-likeness (QED) is 0.753. The second-order valence-electron chi connectivity index (χ2n) is 5.27. The summed E-state index contributed by atoms with van der Waals surface area (Å²) in [5.74, 6) is -0.411. The van der Waals surface area contributed by atoms with Crippen molar-refractivity contribution in [3.8, 4) is 0 Å². The summed E-state index contributed by atoms with van der Waals surface area (Å²) in [6, 6.07) is 8.77. The Bertz CT molecular complexity index is 519. The number of rotatable bonds is 6. The maximum absolute atomic E-state index is 12.3. The summed E-state index contributed by atoms with van der Waals surface area (Å²) in [6.45, 7) is 4.95. The third-order valence-electron chi connectivity index (χ3n) is 3.66. The van der Waals surface area contributed by atoms with E-state index in [1.54, 1.807) is 6.92 Å². The molecule has 0 aromatic heterocycles. The molecule has 0 aliphatic carbocycles. The van der Waals surface area contributed by atoms with Crippen LogP contribution in [0.3, 0.4) is 0 Å². The first-order valence-electron chi connectivity index (χ1n) is 7.91. The van der Waals surface area contributed by atoms with Crippen LogP contribution in [-0.4, -0.2) is 48.9 Å². The first-order chi connectivity index (χ1) is 11.2. The van der Waals surface area contributed by atoms with Crippen LogP contribution in [0, 0.1) is 0 Å². The Labute approximate surface area is 136 Å². The molecule has 6 heteroatoms. The molecule has 0 saturated carbocycles. The molecule has 1 aromatic rings. The van der Waals surface area contributed by atoms with Crippen LogP contribution in [0.4, 0.5) is 4.79 Å². The Morgan fingerprint density at radius 2 is 1.87 bits per heavy atom. The Hall–Kier alpha value is -2.08. The van der Waals surface area contributed by atoms with Gasteiger partial charge in [-0.1, -0.05) is 30.3 Å². The third-order valence-corrected chi connectivity index (χ3v) is 3.66. The molecule has 1 aromatic carbocycles. The minimum atomic E-state index is -0.644. The van der Waals surface area contributed by atoms with E-state index in [4.69, 9.17) is 14.2 Å². The van der Waals surface area contributed by atoms with Gasteiger partial charge >= 0.3 is 12.1 Å². The first kappa shape index (κ1) is 17.3. The van der Waals surface area contributed by atoms with Gasteiger partial charge in [0.2, 0.25) is 0 Å². The molecule has 6 nitrogen and oxygen atoms in total. The summed E-state index contributed by atoms with van der Waals surface area (Å²) >= 11 is 0. The van der Waals surface area contributed by atoms with Crippen LogP contribution in [0.2, 0.25) is 0 Å². The fraction of sp³-hybridized carbons (Fsp3) is 0.529. The number of nitrogens with zero attached hydrogens (tertiary/aromatic N) is 1. The monoisotopic (exact) mass is 321 g/mol. The summed E-state index contributed by atoms with van der Waals surface area (Å²) in [5.41, 5.74) is 0.897. The summed E-state index contributed by atoms with van der Waals surface area (Å²) in [4.78, 5) is 25.8. The molecule has 0 radical (unpaired) electrons. The predicted octanol–water partition coefficient (Wildman–Crippen LogP) is 2.37. The van der Waals surface area contributed by atoms with Crippen LogP contribution in [0.25, 0.3) is 0 Å². The molecule has 0 unspecified atom stereocenters. The van der Waals surface area contributed by atoms with Crippen LogP contribution in [0.15, 0.2) is 30.3 Å². The standard InChI is InChI=1S/C17H23NO5/c1-3-21-14-10-15(16(19)22-4-2)18(11-14)17(20)23-12-13-8-6-5-7-9-13/h5-9,14-15H,3-4,10-12H2,1-2H3/t14-,15-/m1/s1. The van der Waals surface area contributed by atoms with Gasteiger partial charge in [0, 0.05) is 13.0 Å². The van der Waals surface area contributed by atoms with Gasteiger partial charge in [0.05, 0.1) is 19.3 Å². The minimum absolute atomic E-state index is 0.168. The molecule has 1 amide bonds. The highest BCUT2D eigenvalue weighted by Gasteiger charge is 2.41. The summed E-state index contributed by atoms with van der Waals surface area (Å²) in [5, 5.41) is 0. The molecule has 2 rings (SSSR count). The van der Waals surface area contributed by atoms with Gasteiger partial charge in [0.1, 0.15) is 12.6 Å². The zero-order valence-electron chi connectivity index (χ0n) is 13.6. The highest BCUT2D eigenvalue weighted by atomic mass is 16.6. The van der Waals surface area contributed by atoms with Gasteiger partial charge in [-0.25, -0.2) is 9.59 Å². The number of ether oxygens (including phenoxy) is 3. The zero-order chi connectivity index (χ0) is 16.7. The molecule has 1 saturated heterocycles. The van der Waals surface area contributed by atoms with Crippen molar-refractivity contribution in [2.75, 3.05) is 19.8 Å². The highest BCUT2D eigenvalue weighted by molar-refractivity contribution is 5.82. The van der Waals surface area contributed by atoms with E-state index in [0.29, 0.717) is 19.6 Å². The van der Waals surface area contributed by atoms with Gasteiger partial charge in [-0.05, 0) is 19.4 Å². The van der Waals surface area contributed by atoms with Crippen molar-refractivity contribution in [2.24, 2.45) is 0 Å². The molecule has 23 heavy (non-hydrogen) atoms. The first-order valence-corrected chi connectivity index (χ1v) is 7.91. The van der Waals surface area contributed by atoms with E-state index >= 15 is 0 Å². The summed E-state index contributed by atoms with van der Waals surface area (Å²) in [6.07, 6.45) is -0.250. The second kappa shape index (κ2) is 8.53. The summed E-state index contributed by atoms with van der Waals surface area (Å²) in [7, 11) is 0. The number of esters is 1. The molecule has 1 aliphatic heterocycles. The Morgan fingerprint density at radius 1 is 1.13 bits per heavy atom. The molecule has 1 fully saturated rings. The fourth-order valence-electron chi connectivity index (χ4n) is 2.62. The van der Waals surface area contributed by atoms with Crippen LogP contribution in [0.1, 0.15) is 25.8 Å². The third kappa shape index (κ3) is 4.69. The van der Waals surface area contributed by atoms with E-state index in [9.17, 15) is 9.59 Å². The lowest BCUT2D eigenvalue weighted by atomic mass is 10.2. The lowest BCUT2D eigenvalue weighted by Gasteiger charge is -2.22. The normalized spacial score (nSPS) is 20.3. The molecule has 1 heterocycles. The van der Waals surface area contributed by atoms with E-state index < -0.39 is 18.1 Å². The number of amides is 1. The topological polar surface area (TPSA) is 65.1 Å². The molecule has 1 aliphatic rings. The van der Waals surface area contributed by atoms with Crippen molar-refractivity contribution in [3.05, 3.63) is 35.9 Å². The maximum atomic E-state index is 12.3. The largest absolute Gasteiger partial charge is 0.464 e. The lowest BCUT2D eigenvalue weighted by Crippen LogP contribution is -2.41. The lowest BCUT2D eigenvalue weighted by molar-refractivity contribution is -0.148. The number of carbonyl (C=O) groups excluding carboxylic acids is 2. The van der Waals surface area contributed by atoms with Crippen molar-refractivity contribution < 1.29 is 23.8 Å². The van der Waals surface area contributed by atoms with E-state index in [-0.39, 0.29) is 19.3 Å². The van der Waals surface area contributed by atoms with Gasteiger partial charge in [0.25, 0.3) is 0 Å². The Kier molecular flexibility index (Phi) is 6.40. The van der Waals surface area contributed by atoms with Crippen molar-refractivity contribution >= 4 is 12.1 Å². The van der Waals surface area contributed by atoms with Gasteiger partial charge in [-0.15, -0.1) is 0 Å². The van der Waals surface area contributed by atoms with Crippen LogP contribution in [-0.2, 0) is 25.6 Å². The molecule has 0 bridgehead atoms. The molecular formula is C17H23NO5. The smallest absolute Gasteiger partial charge is 0.410 e. The number of likely N-dealkylation sites (tertiary alicyclic amines) is 1. The van der Waals surface area contributed by atoms with Crippen molar-refractivity contribution in [1.82, 2.24) is 4.90 Å². The van der Waals surface area contributed by atoms with Crippen LogP contribution < -0.4 is 0 Å². The van der Waals surface area contributed by atoms with Crippen molar-refractivity contribution in [3.63, 3.8) is 0 Å². The molecule has 0 N–H and O–H groups in total. The second-order valence-corrected chi connectivity index (χ2v) is 5.27. The fourth-order valence-corrected chi connectivity index (χ4v) is 2.62. The maximum Gasteiger partial charge on any atom is 0.410 e. The molecule has 2 atom stereocenters. The average molecular weight is 321 g/mol. The SMILES string of the molecule is CCOC(=O)[C@H]1C[C@@H](OCC)CN1C(=O)OCc1ccccc1. The Morgan fingerprint density at radius 3 is 2.52 bits per heavy atom. The van der Waals surface area contributed by atoms with Gasteiger partial charge in [-0.3, -0.25) is 4.90 Å². The van der Waals surface area contributed by atoms with Gasteiger partial charge < -0.3 is 14.2 Å². The average Bonchev–Trinajstić information content (AvgIpc) is 2.98. The van der Waals surface area contributed by atoms with Crippen molar-refractivity contribution in [1.29, 1.82) is 0 Å². The summed E-state index contributed by atoms with van der Waals surface area (Å²) < 4.78 is 15.9. The number of hydrogen-bond acceptors (Lipinski definition) is 5. The number of hydrogen-bond donors (Lipinski definition) is 0. The predicted molar refractivity (Wildman–Crippen MR) is 83.8 cm³/mol. The van der Waals surface area contributed by atoms with Gasteiger partial charge in [-0.2, -0.15) is 0 Å². The Balaban J connectivity index is 1.98. The number of benzene rings is 1. The molecular weight excluding hydrogens is 298 g/mol. The van der Waals surface area contributed by atoms with E-state index in [0.717, 1.165) is 5.56 Å².